The summed E-state index contributed by atoms with van der Waals surface area (Å²) >= 11 is 4.66. The van der Waals surface area contributed by atoms with Crippen molar-refractivity contribution in [3.05, 3.63) is 11.6 Å². The van der Waals surface area contributed by atoms with Crippen LogP contribution in [-0.4, -0.2) is 41.0 Å². The van der Waals surface area contributed by atoms with E-state index in [2.05, 4.69) is 73.5 Å². The maximum absolute atomic E-state index is 4.17. The highest BCUT2D eigenvalue weighted by Gasteiger charge is 1.85. The molecule has 0 radical (unpaired) electrons. The van der Waals surface area contributed by atoms with Crippen LogP contribution in [0, 0.1) is 0 Å². The minimum Gasteiger partial charge on any atom is -0.316 e. The lowest BCUT2D eigenvalue weighted by Crippen LogP contribution is -2.06. The highest BCUT2D eigenvalue weighted by molar-refractivity contribution is 14.2. The molecule has 0 aromatic heterocycles. The van der Waals surface area contributed by atoms with Crippen molar-refractivity contribution in [1.82, 2.24) is 5.32 Å². The Labute approximate surface area is 133 Å². The number of alkyl halides is 2. The molecule has 0 heterocycles. The van der Waals surface area contributed by atoms with Crippen molar-refractivity contribution in [2.24, 2.45) is 9.98 Å². The molecule has 5 heteroatoms. The number of halogens is 2. The van der Waals surface area contributed by atoms with E-state index < -0.39 is 0 Å². The van der Waals surface area contributed by atoms with Crippen molar-refractivity contribution >= 4 is 57.6 Å². The third kappa shape index (κ3) is 22.2. The summed E-state index contributed by atoms with van der Waals surface area (Å²) < 4.78 is 0.773. The van der Waals surface area contributed by atoms with Gasteiger partial charge in [-0.05, 0) is 27.8 Å². The van der Waals surface area contributed by atoms with Crippen LogP contribution >= 0.6 is 45.2 Å². The van der Waals surface area contributed by atoms with Crippen LogP contribution in [0.25, 0.3) is 0 Å². The van der Waals surface area contributed by atoms with Crippen LogP contribution in [0.5, 0.6) is 0 Å². The van der Waals surface area contributed by atoms with Crippen LogP contribution in [0.1, 0.15) is 20.8 Å². The van der Waals surface area contributed by atoms with E-state index in [0.717, 1.165) is 27.1 Å². The topological polar surface area (TPSA) is 36.8 Å². The number of rotatable bonds is 6. The van der Waals surface area contributed by atoms with Crippen molar-refractivity contribution in [1.29, 1.82) is 0 Å². The summed E-state index contributed by atoms with van der Waals surface area (Å²) in [7, 11) is 1.92. The summed E-state index contributed by atoms with van der Waals surface area (Å²) in [6.45, 7) is 8.65. The predicted molar refractivity (Wildman–Crippen MR) is 97.6 cm³/mol. The first kappa shape index (κ1) is 19.8. The van der Waals surface area contributed by atoms with Gasteiger partial charge in [-0.25, -0.2) is 0 Å². The second kappa shape index (κ2) is 16.5. The molecule has 0 aliphatic rings. The largest absolute Gasteiger partial charge is 0.316 e. The number of nitrogens with one attached hydrogen (secondary N) is 1. The zero-order valence-corrected chi connectivity index (χ0v) is 15.4. The van der Waals surface area contributed by atoms with Gasteiger partial charge in [-0.1, -0.05) is 51.3 Å². The van der Waals surface area contributed by atoms with E-state index in [1.807, 2.05) is 33.3 Å². The molecule has 0 bridgehead atoms. The first-order valence-electron chi connectivity index (χ1n) is 5.70. The Hall–Kier alpha value is 0.500. The zero-order valence-electron chi connectivity index (χ0n) is 11.1. The number of likely N-dealkylation sites (N-methyl/N-ethyl adjacent to an activating group) is 1. The Kier molecular flexibility index (Phi) is 19.2. The summed E-state index contributed by atoms with van der Waals surface area (Å²) in [5, 5.41) is 3.05. The van der Waals surface area contributed by atoms with Crippen LogP contribution in [0.2, 0.25) is 0 Å². The predicted octanol–water partition coefficient (Wildman–Crippen LogP) is 3.52. The van der Waals surface area contributed by atoms with Crippen molar-refractivity contribution in [2.75, 3.05) is 26.7 Å². The number of allylic oxidation sites excluding steroid dienone is 1. The van der Waals surface area contributed by atoms with E-state index in [1.165, 1.54) is 0 Å². The molecule has 0 aliphatic carbocycles. The molecule has 0 aromatic carbocycles. The first-order chi connectivity index (χ1) is 8.08. The molecule has 0 aromatic rings. The number of nitrogens with zero attached hydrogens (tertiary/aromatic N) is 2. The Morgan fingerprint density at radius 2 is 1.59 bits per heavy atom. The van der Waals surface area contributed by atoms with E-state index in [4.69, 9.17) is 0 Å². The first-order valence-corrected chi connectivity index (χ1v) is 8.20. The van der Waals surface area contributed by atoms with Gasteiger partial charge < -0.3 is 5.32 Å². The van der Waals surface area contributed by atoms with Crippen molar-refractivity contribution in [3.8, 4) is 0 Å². The molecule has 0 atom stereocenters. The smallest absolute Gasteiger partial charge is 0.0598 e. The third-order valence-corrected chi connectivity index (χ3v) is 1.39. The Morgan fingerprint density at radius 1 is 1.18 bits per heavy atom. The van der Waals surface area contributed by atoms with E-state index in [9.17, 15) is 0 Å². The number of hydrogen-bond donors (Lipinski definition) is 1. The molecular formula is C12H23I2N3. The Morgan fingerprint density at radius 3 is 1.88 bits per heavy atom. The molecule has 17 heavy (non-hydrogen) atoms. The second-order valence-corrected chi connectivity index (χ2v) is 9.16. The van der Waals surface area contributed by atoms with Gasteiger partial charge in [-0.15, -0.1) is 0 Å². The maximum atomic E-state index is 4.17. The number of aliphatic imine (C=N–C) groups is 2. The molecule has 0 amide bonds. The maximum Gasteiger partial charge on any atom is 0.0598 e. The Balaban J connectivity index is 0. The van der Waals surface area contributed by atoms with Gasteiger partial charge in [0.2, 0.25) is 0 Å². The summed E-state index contributed by atoms with van der Waals surface area (Å²) in [4.78, 5) is 8.33. The van der Waals surface area contributed by atoms with Gasteiger partial charge in [0.25, 0.3) is 0 Å². The second-order valence-electron chi connectivity index (χ2n) is 3.04. The van der Waals surface area contributed by atoms with Gasteiger partial charge in [-0.3, -0.25) is 9.98 Å². The third-order valence-electron chi connectivity index (χ3n) is 1.39. The lowest BCUT2D eigenvalue weighted by Gasteiger charge is -1.93. The molecular weight excluding hydrogens is 440 g/mol. The molecule has 1 N–H and O–H groups in total. The molecule has 0 aliphatic heterocycles. The van der Waals surface area contributed by atoms with E-state index in [0.29, 0.717) is 0 Å². The zero-order chi connectivity index (χ0) is 13.5. The van der Waals surface area contributed by atoms with Gasteiger partial charge in [-0.2, -0.15) is 0 Å². The molecule has 0 saturated carbocycles. The molecule has 0 rings (SSSR count). The van der Waals surface area contributed by atoms with Crippen LogP contribution in [0.4, 0.5) is 0 Å². The fourth-order valence-corrected chi connectivity index (χ4v) is 0.752. The van der Waals surface area contributed by atoms with E-state index in [-0.39, 0.29) is 0 Å². The van der Waals surface area contributed by atoms with E-state index >= 15 is 0 Å². The van der Waals surface area contributed by atoms with Gasteiger partial charge in [0.05, 0.1) is 1.93 Å². The van der Waals surface area contributed by atoms with Crippen LogP contribution in [-0.2, 0) is 0 Å². The highest BCUT2D eigenvalue weighted by atomic mass is 127. The SMILES string of the molecule is CC(I)I.CCN=CC(C=NCC)=CCNC. The lowest BCUT2D eigenvalue weighted by molar-refractivity contribution is 0.919. The van der Waals surface area contributed by atoms with Crippen molar-refractivity contribution in [3.63, 3.8) is 0 Å². The Bertz CT molecular complexity index is 217. The summed E-state index contributed by atoms with van der Waals surface area (Å²) in [5.74, 6) is 0. The average molecular weight is 463 g/mol. The average Bonchev–Trinajstić information content (AvgIpc) is 2.27. The minimum atomic E-state index is 0.773. The standard InChI is InChI=1S/C10H19N3.C2H4I2/c1-4-12-8-10(6-7-11-3)9-13-5-2;1-2(3)4/h6,8-9,11H,4-5,7H2,1-3H3;2H,1H3. The summed E-state index contributed by atoms with van der Waals surface area (Å²) in [6, 6.07) is 0. The van der Waals surface area contributed by atoms with Gasteiger partial charge in [0.15, 0.2) is 0 Å². The van der Waals surface area contributed by atoms with E-state index in [1.54, 1.807) is 0 Å². The normalized spacial score (nSPS) is 10.8. The molecule has 100 valence electrons. The molecule has 0 saturated heterocycles. The van der Waals surface area contributed by atoms with Crippen LogP contribution in [0.15, 0.2) is 21.6 Å². The van der Waals surface area contributed by atoms with Gasteiger partial charge >= 0.3 is 0 Å². The summed E-state index contributed by atoms with van der Waals surface area (Å²) in [6.07, 6.45) is 5.78. The highest BCUT2D eigenvalue weighted by Crippen LogP contribution is 2.05. The van der Waals surface area contributed by atoms with Crippen LogP contribution in [0.3, 0.4) is 0 Å². The summed E-state index contributed by atoms with van der Waals surface area (Å²) in [5.41, 5.74) is 1.07. The quantitative estimate of drug-likeness (QED) is 0.366. The fraction of sp³-hybridized carbons (Fsp3) is 0.667. The van der Waals surface area contributed by atoms with Crippen molar-refractivity contribution < 1.29 is 0 Å². The lowest BCUT2D eigenvalue weighted by atomic mass is 10.3. The number of hydrogen-bond acceptors (Lipinski definition) is 3. The van der Waals surface area contributed by atoms with Crippen LogP contribution < -0.4 is 5.32 Å². The monoisotopic (exact) mass is 463 g/mol. The molecule has 0 fully saturated rings. The molecule has 0 unspecified atom stereocenters. The fourth-order valence-electron chi connectivity index (χ4n) is 0.752. The minimum absolute atomic E-state index is 0.773. The van der Waals surface area contributed by atoms with Gasteiger partial charge in [0.1, 0.15) is 0 Å². The molecule has 0 spiro atoms. The molecule has 3 nitrogen and oxygen atoms in total. The van der Waals surface area contributed by atoms with Crippen molar-refractivity contribution in [2.45, 2.75) is 22.7 Å². The van der Waals surface area contributed by atoms with Gasteiger partial charge in [0, 0.05) is 37.6 Å².